The summed E-state index contributed by atoms with van der Waals surface area (Å²) in [6.45, 7) is 3.77. The number of benzene rings is 4. The first kappa shape index (κ1) is 27.3. The molecule has 8 rings (SSSR count). The number of fused-ring (bicyclic) bond motifs is 4. The van der Waals surface area contributed by atoms with Crippen LogP contribution in [0.3, 0.4) is 0 Å². The van der Waals surface area contributed by atoms with Crippen LogP contribution in [0.4, 0.5) is 0 Å². The number of ether oxygens (including phenoxy) is 2. The van der Waals surface area contributed by atoms with Gasteiger partial charge < -0.3 is 19.4 Å². The summed E-state index contributed by atoms with van der Waals surface area (Å²) >= 11 is 0. The molecule has 0 bridgehead atoms. The summed E-state index contributed by atoms with van der Waals surface area (Å²) in [6, 6.07) is 42.2. The third kappa shape index (κ3) is 5.52. The van der Waals surface area contributed by atoms with E-state index in [1.807, 2.05) is 111 Å². The summed E-state index contributed by atoms with van der Waals surface area (Å²) in [6.07, 6.45) is 3.54. The molecule has 4 nitrogen and oxygen atoms in total. The third-order valence-electron chi connectivity index (χ3n) is 7.51. The molecule has 6 heteroatoms. The van der Waals surface area contributed by atoms with Gasteiger partial charge in [-0.2, -0.15) is 0 Å². The van der Waals surface area contributed by atoms with Crippen LogP contribution in [-0.4, -0.2) is 16.7 Å². The Morgan fingerprint density at radius 2 is 1.42 bits per heavy atom. The minimum Gasteiger partial charge on any atom is -0.503 e. The molecule has 43 heavy (non-hydrogen) atoms. The van der Waals surface area contributed by atoms with Crippen molar-refractivity contribution >= 4 is 23.1 Å². The summed E-state index contributed by atoms with van der Waals surface area (Å²) in [5, 5.41) is 0. The van der Waals surface area contributed by atoms with E-state index in [0.717, 1.165) is 67.5 Å². The maximum Gasteiger partial charge on any atom is 0.239 e. The molecule has 0 fully saturated rings. The average molecular weight is 736 g/mol. The molecule has 2 aliphatic heterocycles. The van der Waals surface area contributed by atoms with E-state index < -0.39 is 5.89 Å². The van der Waals surface area contributed by atoms with Crippen molar-refractivity contribution in [2.75, 3.05) is 0 Å². The number of hydrogen-bond acceptors (Lipinski definition) is 4. The Labute approximate surface area is 267 Å². The normalized spacial score (nSPS) is 12.4. The van der Waals surface area contributed by atoms with E-state index in [0.29, 0.717) is 0 Å². The fourth-order valence-corrected chi connectivity index (χ4v) is 5.47. The second kappa shape index (κ2) is 12.4. The van der Waals surface area contributed by atoms with Crippen molar-refractivity contribution in [2.45, 2.75) is 19.7 Å². The monoisotopic (exact) mass is 736 g/mol. The molecule has 6 aromatic rings. The molecule has 0 saturated heterocycles. The van der Waals surface area contributed by atoms with Crippen LogP contribution in [0.25, 0.3) is 22.5 Å². The van der Waals surface area contributed by atoms with Gasteiger partial charge in [-0.3, -0.25) is 0 Å². The predicted octanol–water partition coefficient (Wildman–Crippen LogP) is 6.95. The van der Waals surface area contributed by atoms with E-state index in [9.17, 15) is 0 Å². The van der Waals surface area contributed by atoms with Crippen molar-refractivity contribution in [3.63, 3.8) is 0 Å². The molecule has 211 valence electrons. The van der Waals surface area contributed by atoms with Crippen LogP contribution >= 0.6 is 0 Å². The van der Waals surface area contributed by atoms with Gasteiger partial charge in [0, 0.05) is 45.4 Å². The molecule has 0 atom stereocenters. The van der Waals surface area contributed by atoms with Gasteiger partial charge in [0.2, 0.25) is 6.71 Å². The summed E-state index contributed by atoms with van der Waals surface area (Å²) in [4.78, 5) is 8.81. The van der Waals surface area contributed by atoms with Crippen molar-refractivity contribution in [3.05, 3.63) is 139 Å². The van der Waals surface area contributed by atoms with Crippen molar-refractivity contribution < 1.29 is 30.9 Å². The van der Waals surface area contributed by atoms with E-state index in [4.69, 9.17) is 10.8 Å². The Balaban J connectivity index is 0.000000222. The van der Waals surface area contributed by atoms with Crippen LogP contribution in [0.1, 0.15) is 26.7 Å². The van der Waals surface area contributed by atoms with Crippen molar-refractivity contribution in [2.24, 2.45) is 0 Å². The Bertz CT molecular complexity index is 1880. The fraction of sp³-hybridized carbons (Fsp3) is 0.0811. The molecule has 2 aromatic heterocycles. The fourth-order valence-electron chi connectivity index (χ4n) is 5.47. The number of hydrogen-bond donors (Lipinski definition) is 0. The van der Waals surface area contributed by atoms with Gasteiger partial charge in [-0.25, -0.2) is 0 Å². The molecule has 4 heterocycles. The van der Waals surface area contributed by atoms with E-state index in [1.54, 1.807) is 12.4 Å². The van der Waals surface area contributed by atoms with Gasteiger partial charge in [0.15, 0.2) is 0 Å². The zero-order valence-corrected chi connectivity index (χ0v) is 26.1. The standard InChI is InChI=1S/C26H19BNO2.C11H8N.Ir/c1-16(2)17-13-14-28-21(15-17)18-11-12-24-25-26(18)30-23-10-6-4-8-20(23)27(25)19-7-3-5-9-22(19)29-24;1-2-6-10(7-3-1)11-8-4-5-9-12-11;/h3-10,12-16H,1-2H3;1-6,8-9H;/q2*-1;/i16D;;. The minimum absolute atomic E-state index is 0. The second-order valence-electron chi connectivity index (χ2n) is 10.4. The van der Waals surface area contributed by atoms with Crippen molar-refractivity contribution in [1.29, 1.82) is 0 Å². The number of pyridine rings is 2. The molecule has 0 aliphatic carbocycles. The van der Waals surface area contributed by atoms with Gasteiger partial charge in [-0.1, -0.05) is 85.0 Å². The Morgan fingerprint density at radius 1 is 0.721 bits per heavy atom. The van der Waals surface area contributed by atoms with E-state index in [1.165, 1.54) is 0 Å². The molecular weight excluding hydrogens is 707 g/mol. The van der Waals surface area contributed by atoms with Crippen molar-refractivity contribution in [1.82, 2.24) is 9.97 Å². The predicted molar refractivity (Wildman–Crippen MR) is 169 cm³/mol. The van der Waals surface area contributed by atoms with Crippen LogP contribution in [-0.2, 0) is 20.1 Å². The summed E-state index contributed by atoms with van der Waals surface area (Å²) in [7, 11) is 0. The largest absolute Gasteiger partial charge is 0.503 e. The molecule has 2 aliphatic rings. The molecule has 4 aromatic carbocycles. The smallest absolute Gasteiger partial charge is 0.239 e. The summed E-state index contributed by atoms with van der Waals surface area (Å²) in [5.41, 5.74) is 7.68. The zero-order chi connectivity index (χ0) is 29.4. The number of rotatable bonds is 3. The molecular formula is C37H27BIrN2O2-2. The van der Waals surface area contributed by atoms with Gasteiger partial charge in [-0.05, 0) is 52.5 Å². The Hall–Kier alpha value is -4.51. The van der Waals surface area contributed by atoms with Crippen LogP contribution in [0, 0.1) is 12.1 Å². The van der Waals surface area contributed by atoms with Crippen molar-refractivity contribution in [3.8, 4) is 45.5 Å². The number of aromatic nitrogens is 2. The van der Waals surface area contributed by atoms with Gasteiger partial charge in [0.25, 0.3) is 0 Å². The number of nitrogens with zero attached hydrogens (tertiary/aromatic N) is 2. The van der Waals surface area contributed by atoms with Crippen LogP contribution in [0.2, 0.25) is 0 Å². The van der Waals surface area contributed by atoms with E-state index in [2.05, 4.69) is 34.2 Å². The van der Waals surface area contributed by atoms with Crippen LogP contribution in [0.5, 0.6) is 23.0 Å². The molecule has 0 unspecified atom stereocenters. The molecule has 0 N–H and O–H groups in total. The summed E-state index contributed by atoms with van der Waals surface area (Å²) < 4.78 is 21.1. The molecule has 0 spiro atoms. The topological polar surface area (TPSA) is 44.2 Å². The van der Waals surface area contributed by atoms with Gasteiger partial charge in [0.05, 0.1) is 0 Å². The molecule has 0 saturated carbocycles. The second-order valence-corrected chi connectivity index (χ2v) is 10.4. The minimum atomic E-state index is -0.721. The third-order valence-corrected chi connectivity index (χ3v) is 7.51. The maximum atomic E-state index is 8.41. The average Bonchev–Trinajstić information content (AvgIpc) is 3.05. The van der Waals surface area contributed by atoms with Gasteiger partial charge in [-0.15, -0.1) is 48.0 Å². The van der Waals surface area contributed by atoms with E-state index in [-0.39, 0.29) is 26.8 Å². The van der Waals surface area contributed by atoms with Gasteiger partial charge >= 0.3 is 0 Å². The van der Waals surface area contributed by atoms with Crippen LogP contribution < -0.4 is 25.9 Å². The SMILES string of the molecule is [2H]C(C)(C)c1ccnc(-c2[c-]cc3c4c2Oc2ccccc2B4c2ccccc2O3)c1.[Ir].[c-]1ccccc1-c1ccccn1. The maximum absolute atomic E-state index is 8.41. The summed E-state index contributed by atoms with van der Waals surface area (Å²) in [5.74, 6) is 2.46. The quantitative estimate of drug-likeness (QED) is 0.146. The Morgan fingerprint density at radius 3 is 2.12 bits per heavy atom. The molecule has 1 radical (unpaired) electrons. The van der Waals surface area contributed by atoms with Gasteiger partial charge in [0.1, 0.15) is 11.5 Å². The zero-order valence-electron chi connectivity index (χ0n) is 24.7. The van der Waals surface area contributed by atoms with Crippen LogP contribution in [0.15, 0.2) is 122 Å². The first-order valence-electron chi connectivity index (χ1n) is 14.4. The first-order valence-corrected chi connectivity index (χ1v) is 13.9. The Kier molecular flexibility index (Phi) is 7.87. The molecule has 0 amide bonds. The van der Waals surface area contributed by atoms with E-state index >= 15 is 0 Å². The first-order chi connectivity index (χ1) is 21.0. The number of para-hydroxylation sites is 2.